The van der Waals surface area contributed by atoms with E-state index in [9.17, 15) is 0 Å². The lowest BCUT2D eigenvalue weighted by Gasteiger charge is -2.05. The minimum absolute atomic E-state index is 0.466. The smallest absolute Gasteiger partial charge is 0.116 e. The van der Waals surface area contributed by atoms with Gasteiger partial charge in [-0.1, -0.05) is 11.6 Å². The van der Waals surface area contributed by atoms with Crippen LogP contribution in [-0.2, 0) is 4.74 Å². The van der Waals surface area contributed by atoms with Crippen LogP contribution in [0.4, 0.5) is 5.69 Å². The van der Waals surface area contributed by atoms with Crippen LogP contribution >= 0.6 is 22.9 Å². The molecule has 0 saturated carbocycles. The molecular weight excluding hydrogens is 194 g/mol. The topological polar surface area (TPSA) is 35.2 Å². The molecule has 1 unspecified atom stereocenters. The summed E-state index contributed by atoms with van der Waals surface area (Å²) in [5.41, 5.74) is 7.72. The van der Waals surface area contributed by atoms with Gasteiger partial charge in [0.2, 0.25) is 0 Å². The standard InChI is InChI=1S/C8H10ClNOS/c9-8-7(10)6(4-12-8)5-1-2-11-3-5/h4-5H,1-3,10H2. The Bertz CT molecular complexity index is 281. The van der Waals surface area contributed by atoms with Crippen molar-refractivity contribution in [3.8, 4) is 0 Å². The summed E-state index contributed by atoms with van der Waals surface area (Å²) in [4.78, 5) is 0. The minimum Gasteiger partial charge on any atom is -0.397 e. The first kappa shape index (κ1) is 8.35. The molecule has 4 heteroatoms. The second-order valence-corrected chi connectivity index (χ2v) is 4.42. The van der Waals surface area contributed by atoms with Gasteiger partial charge in [0.25, 0.3) is 0 Å². The Balaban J connectivity index is 2.26. The van der Waals surface area contributed by atoms with E-state index < -0.39 is 0 Å². The zero-order chi connectivity index (χ0) is 8.55. The van der Waals surface area contributed by atoms with E-state index in [0.717, 1.165) is 25.3 Å². The van der Waals surface area contributed by atoms with E-state index in [1.54, 1.807) is 0 Å². The quantitative estimate of drug-likeness (QED) is 0.761. The highest BCUT2D eigenvalue weighted by atomic mass is 35.5. The number of nitrogens with two attached hydrogens (primary N) is 1. The molecule has 1 fully saturated rings. The summed E-state index contributed by atoms with van der Waals surface area (Å²) >= 11 is 7.36. The van der Waals surface area contributed by atoms with E-state index in [1.807, 2.05) is 5.38 Å². The third-order valence-corrected chi connectivity index (χ3v) is 3.45. The van der Waals surface area contributed by atoms with Crippen LogP contribution in [0, 0.1) is 0 Å². The van der Waals surface area contributed by atoms with Gasteiger partial charge >= 0.3 is 0 Å². The maximum atomic E-state index is 5.86. The Morgan fingerprint density at radius 1 is 1.67 bits per heavy atom. The fourth-order valence-corrected chi connectivity index (χ4v) is 2.49. The van der Waals surface area contributed by atoms with Crippen molar-refractivity contribution in [2.45, 2.75) is 12.3 Å². The van der Waals surface area contributed by atoms with Gasteiger partial charge in [0.05, 0.1) is 12.3 Å². The maximum Gasteiger partial charge on any atom is 0.116 e. The number of halogens is 1. The molecule has 1 aromatic heterocycles. The van der Waals surface area contributed by atoms with Crippen LogP contribution in [0.25, 0.3) is 0 Å². The molecule has 1 aliphatic rings. The van der Waals surface area contributed by atoms with Crippen LogP contribution in [-0.4, -0.2) is 13.2 Å². The molecule has 1 aromatic rings. The molecule has 0 radical (unpaired) electrons. The molecule has 66 valence electrons. The molecule has 2 rings (SSSR count). The third kappa shape index (κ3) is 1.32. The van der Waals surface area contributed by atoms with Crippen LogP contribution in [0.15, 0.2) is 5.38 Å². The molecule has 2 nitrogen and oxygen atoms in total. The maximum absolute atomic E-state index is 5.86. The molecule has 0 amide bonds. The van der Waals surface area contributed by atoms with Gasteiger partial charge in [0.15, 0.2) is 0 Å². The number of rotatable bonds is 1. The van der Waals surface area contributed by atoms with Crippen LogP contribution in [0.1, 0.15) is 17.9 Å². The van der Waals surface area contributed by atoms with Gasteiger partial charge < -0.3 is 10.5 Å². The molecule has 1 aliphatic heterocycles. The highest BCUT2D eigenvalue weighted by molar-refractivity contribution is 7.15. The molecule has 12 heavy (non-hydrogen) atoms. The fourth-order valence-electron chi connectivity index (χ4n) is 1.45. The first-order valence-electron chi connectivity index (χ1n) is 3.89. The zero-order valence-corrected chi connectivity index (χ0v) is 8.12. The third-order valence-electron chi connectivity index (χ3n) is 2.18. The summed E-state index contributed by atoms with van der Waals surface area (Å²) in [7, 11) is 0. The minimum atomic E-state index is 0.466. The largest absolute Gasteiger partial charge is 0.397 e. The molecule has 2 N–H and O–H groups in total. The second-order valence-electron chi connectivity index (χ2n) is 2.94. The molecular formula is C8H10ClNOS. The lowest BCUT2D eigenvalue weighted by atomic mass is 10.0. The van der Waals surface area contributed by atoms with E-state index >= 15 is 0 Å². The van der Waals surface area contributed by atoms with Crippen molar-refractivity contribution in [1.82, 2.24) is 0 Å². The summed E-state index contributed by atoms with van der Waals surface area (Å²) in [6.45, 7) is 1.63. The second kappa shape index (κ2) is 3.24. The Morgan fingerprint density at radius 3 is 3.00 bits per heavy atom. The summed E-state index contributed by atoms with van der Waals surface area (Å²) in [5, 5.41) is 2.04. The van der Waals surface area contributed by atoms with Gasteiger partial charge in [-0.3, -0.25) is 0 Å². The van der Waals surface area contributed by atoms with E-state index in [2.05, 4.69) is 0 Å². The fraction of sp³-hybridized carbons (Fsp3) is 0.500. The summed E-state index contributed by atoms with van der Waals surface area (Å²) in [6.07, 6.45) is 1.07. The van der Waals surface area contributed by atoms with Crippen molar-refractivity contribution in [3.63, 3.8) is 0 Å². The van der Waals surface area contributed by atoms with Crippen molar-refractivity contribution in [2.24, 2.45) is 0 Å². The molecule has 2 heterocycles. The van der Waals surface area contributed by atoms with Gasteiger partial charge in [-0.25, -0.2) is 0 Å². The lowest BCUT2D eigenvalue weighted by molar-refractivity contribution is 0.194. The Labute approximate surface area is 80.3 Å². The van der Waals surface area contributed by atoms with Crippen LogP contribution in [0.3, 0.4) is 0 Å². The first-order valence-corrected chi connectivity index (χ1v) is 5.15. The van der Waals surface area contributed by atoms with Crippen molar-refractivity contribution in [1.29, 1.82) is 0 Å². The summed E-state index contributed by atoms with van der Waals surface area (Å²) in [5.74, 6) is 0.466. The number of ether oxygens (including phenoxy) is 1. The number of hydrogen-bond acceptors (Lipinski definition) is 3. The number of nitrogen functional groups attached to an aromatic ring is 1. The monoisotopic (exact) mass is 203 g/mol. The predicted octanol–water partition coefficient (Wildman–Crippen LogP) is 2.49. The van der Waals surface area contributed by atoms with Gasteiger partial charge in [0.1, 0.15) is 4.34 Å². The number of hydrogen-bond donors (Lipinski definition) is 1. The van der Waals surface area contributed by atoms with Crippen molar-refractivity contribution >= 4 is 28.6 Å². The van der Waals surface area contributed by atoms with Gasteiger partial charge in [-0.2, -0.15) is 0 Å². The number of thiophene rings is 1. The average Bonchev–Trinajstić information content (AvgIpc) is 2.64. The normalized spacial score (nSPS) is 23.2. The summed E-state index contributed by atoms with van der Waals surface area (Å²) < 4.78 is 5.99. The Hall–Kier alpha value is -0.250. The predicted molar refractivity (Wildman–Crippen MR) is 51.9 cm³/mol. The molecule has 1 atom stereocenters. The first-order chi connectivity index (χ1) is 5.79. The zero-order valence-electron chi connectivity index (χ0n) is 6.55. The highest BCUT2D eigenvalue weighted by Gasteiger charge is 2.21. The summed E-state index contributed by atoms with van der Waals surface area (Å²) in [6, 6.07) is 0. The van der Waals surface area contributed by atoms with Crippen molar-refractivity contribution in [3.05, 3.63) is 15.3 Å². The SMILES string of the molecule is Nc1c(C2CCOC2)csc1Cl. The van der Waals surface area contributed by atoms with Crippen molar-refractivity contribution < 1.29 is 4.74 Å². The molecule has 1 saturated heterocycles. The van der Waals surface area contributed by atoms with Gasteiger partial charge in [-0.05, 0) is 17.4 Å². The van der Waals surface area contributed by atoms with E-state index in [-0.39, 0.29) is 0 Å². The van der Waals surface area contributed by atoms with Gasteiger partial charge in [0, 0.05) is 12.5 Å². The van der Waals surface area contributed by atoms with E-state index in [0.29, 0.717) is 10.3 Å². The van der Waals surface area contributed by atoms with Gasteiger partial charge in [-0.15, -0.1) is 11.3 Å². The van der Waals surface area contributed by atoms with E-state index in [1.165, 1.54) is 16.9 Å². The lowest BCUT2D eigenvalue weighted by Crippen LogP contribution is -1.99. The van der Waals surface area contributed by atoms with Crippen LogP contribution in [0.5, 0.6) is 0 Å². The molecule has 0 aromatic carbocycles. The highest BCUT2D eigenvalue weighted by Crippen LogP contribution is 2.37. The van der Waals surface area contributed by atoms with E-state index in [4.69, 9.17) is 22.1 Å². The Morgan fingerprint density at radius 2 is 2.50 bits per heavy atom. The molecule has 0 bridgehead atoms. The molecule has 0 aliphatic carbocycles. The van der Waals surface area contributed by atoms with Crippen LogP contribution < -0.4 is 5.73 Å². The molecule has 0 spiro atoms. The van der Waals surface area contributed by atoms with Crippen molar-refractivity contribution in [2.75, 3.05) is 18.9 Å². The number of anilines is 1. The van der Waals surface area contributed by atoms with Crippen LogP contribution in [0.2, 0.25) is 4.34 Å². The average molecular weight is 204 g/mol. The Kier molecular flexibility index (Phi) is 2.26.